The number of halogens is 1. The van der Waals surface area contributed by atoms with Crippen LogP contribution in [-0.4, -0.2) is 20.3 Å². The lowest BCUT2D eigenvalue weighted by molar-refractivity contribution is 0.207. The van der Waals surface area contributed by atoms with E-state index in [-0.39, 0.29) is 6.10 Å². The van der Waals surface area contributed by atoms with E-state index in [0.29, 0.717) is 16.5 Å². The first-order chi connectivity index (χ1) is 8.12. The maximum Gasteiger partial charge on any atom is 0.180 e. The van der Waals surface area contributed by atoms with Gasteiger partial charge in [0.1, 0.15) is 0 Å². The van der Waals surface area contributed by atoms with E-state index >= 15 is 0 Å². The summed E-state index contributed by atoms with van der Waals surface area (Å²) in [5, 5.41) is 3.67. The summed E-state index contributed by atoms with van der Waals surface area (Å²) in [6.45, 7) is 4.83. The van der Waals surface area contributed by atoms with Crippen LogP contribution in [0.5, 0.6) is 11.5 Å². The standard InChI is InChI=1S/C13H20ClNO2/c1-5-9(2)17-13-11(14)6-10(8-15-3)7-12(13)16-4/h6-7,9,15H,5,8H2,1-4H3. The van der Waals surface area contributed by atoms with Crippen molar-refractivity contribution in [2.45, 2.75) is 32.9 Å². The van der Waals surface area contributed by atoms with Crippen molar-refractivity contribution in [2.24, 2.45) is 0 Å². The molecule has 3 nitrogen and oxygen atoms in total. The Kier molecular flexibility index (Phi) is 5.59. The smallest absolute Gasteiger partial charge is 0.180 e. The summed E-state index contributed by atoms with van der Waals surface area (Å²) < 4.78 is 11.1. The molecule has 0 amide bonds. The highest BCUT2D eigenvalue weighted by Gasteiger charge is 2.14. The zero-order valence-corrected chi connectivity index (χ0v) is 11.6. The molecule has 1 aromatic carbocycles. The second kappa shape index (κ2) is 6.72. The lowest BCUT2D eigenvalue weighted by atomic mass is 10.2. The van der Waals surface area contributed by atoms with Crippen LogP contribution in [0.25, 0.3) is 0 Å². The van der Waals surface area contributed by atoms with E-state index in [0.717, 1.165) is 18.5 Å². The maximum atomic E-state index is 6.22. The van der Waals surface area contributed by atoms with Gasteiger partial charge in [-0.25, -0.2) is 0 Å². The van der Waals surface area contributed by atoms with E-state index in [2.05, 4.69) is 12.2 Å². The molecule has 1 atom stereocenters. The Morgan fingerprint density at radius 3 is 2.65 bits per heavy atom. The fraction of sp³-hybridized carbons (Fsp3) is 0.538. The van der Waals surface area contributed by atoms with E-state index in [1.54, 1.807) is 7.11 Å². The van der Waals surface area contributed by atoms with Crippen molar-refractivity contribution < 1.29 is 9.47 Å². The predicted molar refractivity (Wildman–Crippen MR) is 71.1 cm³/mol. The van der Waals surface area contributed by atoms with Crippen molar-refractivity contribution >= 4 is 11.6 Å². The SMILES string of the molecule is CCC(C)Oc1c(Cl)cc(CNC)cc1OC. The largest absolute Gasteiger partial charge is 0.493 e. The van der Waals surface area contributed by atoms with Crippen molar-refractivity contribution in [3.63, 3.8) is 0 Å². The molecule has 0 aliphatic heterocycles. The topological polar surface area (TPSA) is 30.5 Å². The Balaban J connectivity index is 3.03. The number of rotatable bonds is 6. The van der Waals surface area contributed by atoms with Gasteiger partial charge in [-0.3, -0.25) is 0 Å². The number of hydrogen-bond acceptors (Lipinski definition) is 3. The van der Waals surface area contributed by atoms with Gasteiger partial charge < -0.3 is 14.8 Å². The lowest BCUT2D eigenvalue weighted by Crippen LogP contribution is -2.11. The average molecular weight is 258 g/mol. The van der Waals surface area contributed by atoms with E-state index < -0.39 is 0 Å². The van der Waals surface area contributed by atoms with E-state index in [4.69, 9.17) is 21.1 Å². The first-order valence-electron chi connectivity index (χ1n) is 5.80. The minimum atomic E-state index is 0.122. The van der Waals surface area contributed by atoms with E-state index in [1.807, 2.05) is 26.1 Å². The van der Waals surface area contributed by atoms with Crippen LogP contribution in [-0.2, 0) is 6.54 Å². The number of nitrogens with one attached hydrogen (secondary N) is 1. The normalized spacial score (nSPS) is 12.3. The van der Waals surface area contributed by atoms with Crippen LogP contribution in [0.15, 0.2) is 12.1 Å². The van der Waals surface area contributed by atoms with Gasteiger partial charge in [0, 0.05) is 6.54 Å². The minimum absolute atomic E-state index is 0.122. The Hall–Kier alpha value is -0.930. The predicted octanol–water partition coefficient (Wildman–Crippen LogP) is 3.25. The van der Waals surface area contributed by atoms with Crippen molar-refractivity contribution in [2.75, 3.05) is 14.2 Å². The average Bonchev–Trinajstić information content (AvgIpc) is 2.32. The fourth-order valence-corrected chi connectivity index (χ4v) is 1.76. The molecule has 0 saturated heterocycles. The molecule has 1 N–H and O–H groups in total. The van der Waals surface area contributed by atoms with Crippen LogP contribution in [0.2, 0.25) is 5.02 Å². The fourth-order valence-electron chi connectivity index (χ4n) is 1.48. The Bertz CT molecular complexity index is 369. The van der Waals surface area contributed by atoms with Crippen molar-refractivity contribution in [3.05, 3.63) is 22.7 Å². The first kappa shape index (κ1) is 14.1. The van der Waals surface area contributed by atoms with Crippen molar-refractivity contribution in [3.8, 4) is 11.5 Å². The summed E-state index contributed by atoms with van der Waals surface area (Å²) in [4.78, 5) is 0. The molecular weight excluding hydrogens is 238 g/mol. The summed E-state index contributed by atoms with van der Waals surface area (Å²) in [6, 6.07) is 3.85. The minimum Gasteiger partial charge on any atom is -0.493 e. The molecular formula is C13H20ClNO2. The van der Waals surface area contributed by atoms with Gasteiger partial charge in [0.05, 0.1) is 18.2 Å². The van der Waals surface area contributed by atoms with Crippen molar-refractivity contribution in [1.82, 2.24) is 5.32 Å². The summed E-state index contributed by atoms with van der Waals surface area (Å²) >= 11 is 6.22. The van der Waals surface area contributed by atoms with Crippen LogP contribution in [0.4, 0.5) is 0 Å². The van der Waals surface area contributed by atoms with Crippen LogP contribution in [0.1, 0.15) is 25.8 Å². The molecule has 0 spiro atoms. The van der Waals surface area contributed by atoms with Gasteiger partial charge in [0.15, 0.2) is 11.5 Å². The molecule has 0 fully saturated rings. The highest BCUT2D eigenvalue weighted by molar-refractivity contribution is 6.32. The molecule has 0 aromatic heterocycles. The van der Waals surface area contributed by atoms with Gasteiger partial charge in [0.2, 0.25) is 0 Å². The second-order valence-corrected chi connectivity index (χ2v) is 4.38. The highest BCUT2D eigenvalue weighted by Crippen LogP contribution is 2.37. The molecule has 0 aliphatic rings. The molecule has 0 bridgehead atoms. The molecule has 96 valence electrons. The van der Waals surface area contributed by atoms with Gasteiger partial charge in [-0.15, -0.1) is 0 Å². The summed E-state index contributed by atoms with van der Waals surface area (Å²) in [6.07, 6.45) is 1.05. The quantitative estimate of drug-likeness (QED) is 0.849. The molecule has 1 rings (SSSR count). The monoisotopic (exact) mass is 257 g/mol. The van der Waals surface area contributed by atoms with E-state index in [9.17, 15) is 0 Å². The zero-order valence-electron chi connectivity index (χ0n) is 10.8. The van der Waals surface area contributed by atoms with Gasteiger partial charge in [-0.2, -0.15) is 0 Å². The third-order valence-electron chi connectivity index (χ3n) is 2.56. The summed E-state index contributed by atoms with van der Waals surface area (Å²) in [5.41, 5.74) is 1.07. The number of benzene rings is 1. The van der Waals surface area contributed by atoms with Crippen LogP contribution in [0.3, 0.4) is 0 Å². The second-order valence-electron chi connectivity index (χ2n) is 3.98. The Labute approximate surface area is 108 Å². The maximum absolute atomic E-state index is 6.22. The van der Waals surface area contributed by atoms with Gasteiger partial charge in [0.25, 0.3) is 0 Å². The lowest BCUT2D eigenvalue weighted by Gasteiger charge is -2.17. The summed E-state index contributed by atoms with van der Waals surface area (Å²) in [7, 11) is 3.52. The third-order valence-corrected chi connectivity index (χ3v) is 2.84. The van der Waals surface area contributed by atoms with Crippen LogP contribution < -0.4 is 14.8 Å². The number of hydrogen-bond donors (Lipinski definition) is 1. The highest BCUT2D eigenvalue weighted by atomic mass is 35.5. The Morgan fingerprint density at radius 2 is 2.12 bits per heavy atom. The molecule has 17 heavy (non-hydrogen) atoms. The molecule has 0 saturated carbocycles. The molecule has 0 radical (unpaired) electrons. The first-order valence-corrected chi connectivity index (χ1v) is 6.17. The van der Waals surface area contributed by atoms with E-state index in [1.165, 1.54) is 0 Å². The van der Waals surface area contributed by atoms with Crippen LogP contribution in [0, 0.1) is 0 Å². The van der Waals surface area contributed by atoms with Gasteiger partial charge >= 0.3 is 0 Å². The molecule has 4 heteroatoms. The van der Waals surface area contributed by atoms with Crippen molar-refractivity contribution in [1.29, 1.82) is 0 Å². The van der Waals surface area contributed by atoms with Gasteiger partial charge in [-0.1, -0.05) is 18.5 Å². The molecule has 1 unspecified atom stereocenters. The number of ether oxygens (including phenoxy) is 2. The molecule has 1 aromatic rings. The van der Waals surface area contributed by atoms with Crippen LogP contribution >= 0.6 is 11.6 Å². The summed E-state index contributed by atoms with van der Waals surface area (Å²) in [5.74, 6) is 1.31. The molecule has 0 aliphatic carbocycles. The zero-order chi connectivity index (χ0) is 12.8. The third kappa shape index (κ3) is 3.79. The molecule has 0 heterocycles. The van der Waals surface area contributed by atoms with Gasteiger partial charge in [-0.05, 0) is 38.1 Å². The number of methoxy groups -OCH3 is 1. The Morgan fingerprint density at radius 1 is 1.41 bits per heavy atom.